The topological polar surface area (TPSA) is 73.3 Å². The van der Waals surface area contributed by atoms with E-state index in [1.54, 1.807) is 0 Å². The number of nitrogens with zero attached hydrogens (tertiary/aromatic N) is 1. The minimum absolute atomic E-state index is 0.0313. The van der Waals surface area contributed by atoms with Gasteiger partial charge in [-0.1, -0.05) is 6.92 Å². The van der Waals surface area contributed by atoms with Crippen LogP contribution in [0.15, 0.2) is 21.9 Å². The smallest absolute Gasteiger partial charge is 0.330 e. The van der Waals surface area contributed by atoms with Gasteiger partial charge in [0.1, 0.15) is 6.10 Å². The highest BCUT2D eigenvalue weighted by molar-refractivity contribution is 5.06. The van der Waals surface area contributed by atoms with Gasteiger partial charge in [-0.2, -0.15) is 0 Å². The van der Waals surface area contributed by atoms with Crippen molar-refractivity contribution in [1.29, 1.82) is 0 Å². The van der Waals surface area contributed by atoms with Gasteiger partial charge in [0, 0.05) is 19.6 Å². The fourth-order valence-electron chi connectivity index (χ4n) is 2.77. The summed E-state index contributed by atoms with van der Waals surface area (Å²) in [7, 11) is 0. The van der Waals surface area contributed by atoms with Gasteiger partial charge in [-0.05, 0) is 13.8 Å². The molecule has 1 aromatic rings. The summed E-state index contributed by atoms with van der Waals surface area (Å²) in [4.78, 5) is 25.1. The molecule has 0 aromatic carbocycles. The molecule has 1 aromatic heterocycles. The lowest BCUT2D eigenvalue weighted by atomic mass is 9.88. The van der Waals surface area contributed by atoms with Crippen molar-refractivity contribution in [3.63, 3.8) is 0 Å². The maximum Gasteiger partial charge on any atom is 0.330 e. The average molecular weight is 253 g/mol. The lowest BCUT2D eigenvalue weighted by molar-refractivity contribution is -0.199. The molecule has 0 radical (unpaired) electrons. The van der Waals surface area contributed by atoms with E-state index in [4.69, 9.17) is 10.8 Å². The van der Waals surface area contributed by atoms with Crippen molar-refractivity contribution in [3.8, 4) is 0 Å². The second-order valence-electron chi connectivity index (χ2n) is 5.01. The van der Waals surface area contributed by atoms with E-state index in [0.717, 1.165) is 0 Å². The van der Waals surface area contributed by atoms with Gasteiger partial charge in [0.2, 0.25) is 0 Å². The average Bonchev–Trinajstić information content (AvgIpc) is 2.77. The minimum atomic E-state index is -0.676. The van der Waals surface area contributed by atoms with Gasteiger partial charge in [-0.15, -0.1) is 0 Å². The molecule has 2 saturated heterocycles. The van der Waals surface area contributed by atoms with Crippen molar-refractivity contribution in [3.05, 3.63) is 33.1 Å². The van der Waals surface area contributed by atoms with Gasteiger partial charge in [0.25, 0.3) is 5.56 Å². The van der Waals surface area contributed by atoms with E-state index in [1.807, 2.05) is 13.8 Å². The molecule has 6 heteroatoms. The highest BCUT2D eigenvalue weighted by Gasteiger charge is 2.61. The van der Waals surface area contributed by atoms with Crippen LogP contribution in [0.4, 0.5) is 0 Å². The fourth-order valence-corrected chi connectivity index (χ4v) is 2.77. The molecule has 1 N–H and O–H groups in total. The minimum Gasteiger partial charge on any atom is -0.367 e. The van der Waals surface area contributed by atoms with Crippen LogP contribution in [0.5, 0.6) is 0 Å². The van der Waals surface area contributed by atoms with E-state index in [1.165, 1.54) is 16.8 Å². The van der Waals surface area contributed by atoms with Crippen molar-refractivity contribution in [1.82, 2.24) is 9.55 Å². The number of rotatable bonds is 1. The first-order valence-electron chi connectivity index (χ1n) is 6.64. The molecular weight excluding hydrogens is 236 g/mol. The van der Waals surface area contributed by atoms with Crippen molar-refractivity contribution in [2.24, 2.45) is 5.92 Å². The molecule has 0 saturated carbocycles. The van der Waals surface area contributed by atoms with Crippen LogP contribution in [0, 0.1) is 5.92 Å². The number of fused-ring (bicyclic) bond motifs is 2. The molecule has 2 fully saturated rings. The normalized spacial score (nSPS) is 43.1. The zero-order valence-corrected chi connectivity index (χ0v) is 10.3. The number of hydrogen-bond donors (Lipinski definition) is 1. The second-order valence-corrected chi connectivity index (χ2v) is 5.01. The Balaban J connectivity index is 2.02. The molecular formula is C12H16N2O4. The van der Waals surface area contributed by atoms with E-state index in [-0.39, 0.29) is 25.0 Å². The molecule has 18 heavy (non-hydrogen) atoms. The Bertz CT molecular complexity index is 612. The largest absolute Gasteiger partial charge is 0.367 e. The van der Waals surface area contributed by atoms with Gasteiger partial charge < -0.3 is 9.47 Å². The summed E-state index contributed by atoms with van der Waals surface area (Å²) >= 11 is 0. The highest BCUT2D eigenvalue weighted by Crippen LogP contribution is 2.51. The lowest BCUT2D eigenvalue weighted by Gasteiger charge is -2.33. The number of ether oxygens (including phenoxy) is 2. The number of nitrogens with one attached hydrogen (secondary N) is 1. The van der Waals surface area contributed by atoms with E-state index in [9.17, 15) is 9.59 Å². The predicted octanol–water partition coefficient (Wildman–Crippen LogP) is 0.247. The standard InChI is InChI=1S/C12H16N2O4/c1-6-9-10(18-12(6,3)7(2)17-9)14-5-4-8(15)13-11(14)16/h4-7,9-10H,1-3H3,(H,13,15,16)/t6-,7?,9+,10-,12+/m1/s1/i3D. The lowest BCUT2D eigenvalue weighted by Crippen LogP contribution is -2.43. The van der Waals surface area contributed by atoms with Crippen LogP contribution in [-0.2, 0) is 9.47 Å². The quantitative estimate of drug-likeness (QED) is 0.778. The Morgan fingerprint density at radius 2 is 2.28 bits per heavy atom. The summed E-state index contributed by atoms with van der Waals surface area (Å²) < 4.78 is 20.8. The van der Waals surface area contributed by atoms with Gasteiger partial charge in [0.15, 0.2) is 6.23 Å². The van der Waals surface area contributed by atoms with Gasteiger partial charge in [0.05, 0.1) is 11.7 Å². The molecule has 2 aliphatic heterocycles. The third-order valence-electron chi connectivity index (χ3n) is 4.06. The summed E-state index contributed by atoms with van der Waals surface area (Å²) in [6.45, 7) is 3.94. The molecule has 6 nitrogen and oxygen atoms in total. The third-order valence-corrected chi connectivity index (χ3v) is 4.06. The van der Waals surface area contributed by atoms with Crippen LogP contribution < -0.4 is 11.2 Å². The van der Waals surface area contributed by atoms with Crippen LogP contribution in [0.3, 0.4) is 0 Å². The van der Waals surface area contributed by atoms with Crippen molar-refractivity contribution in [2.45, 2.75) is 44.8 Å². The first kappa shape index (κ1) is 10.5. The molecule has 0 spiro atoms. The van der Waals surface area contributed by atoms with E-state index < -0.39 is 23.1 Å². The molecule has 3 heterocycles. The van der Waals surface area contributed by atoms with E-state index in [2.05, 4.69) is 4.98 Å². The van der Waals surface area contributed by atoms with Crippen LogP contribution in [0.25, 0.3) is 0 Å². The first-order chi connectivity index (χ1) is 8.99. The zero-order valence-electron chi connectivity index (χ0n) is 11.3. The molecule has 2 aliphatic rings. The predicted molar refractivity (Wildman–Crippen MR) is 63.3 cm³/mol. The summed E-state index contributed by atoms with van der Waals surface area (Å²) in [5, 5.41) is 0. The summed E-state index contributed by atoms with van der Waals surface area (Å²) in [6, 6.07) is 1.28. The van der Waals surface area contributed by atoms with E-state index in [0.29, 0.717) is 0 Å². The van der Waals surface area contributed by atoms with Crippen LogP contribution in [-0.4, -0.2) is 27.4 Å². The molecule has 0 aliphatic carbocycles. The third kappa shape index (κ3) is 1.36. The Kier molecular flexibility index (Phi) is 2.07. The molecule has 0 amide bonds. The molecule has 1 unspecified atom stereocenters. The Morgan fingerprint density at radius 3 is 2.89 bits per heavy atom. The van der Waals surface area contributed by atoms with Crippen LogP contribution in [0.2, 0.25) is 0 Å². The first-order valence-corrected chi connectivity index (χ1v) is 5.93. The van der Waals surface area contributed by atoms with Crippen LogP contribution >= 0.6 is 0 Å². The number of aromatic amines is 1. The van der Waals surface area contributed by atoms with Crippen LogP contribution in [0.1, 0.15) is 28.3 Å². The summed E-state index contributed by atoms with van der Waals surface area (Å²) in [5.41, 5.74) is -1.64. The number of hydrogen-bond acceptors (Lipinski definition) is 4. The Morgan fingerprint density at radius 1 is 1.50 bits per heavy atom. The second kappa shape index (κ2) is 3.55. The molecule has 5 atom stereocenters. The van der Waals surface area contributed by atoms with Gasteiger partial charge in [-0.25, -0.2) is 4.79 Å². The Labute approximate surface area is 105 Å². The maximum atomic E-state index is 11.8. The highest BCUT2D eigenvalue weighted by atomic mass is 16.6. The fraction of sp³-hybridized carbons (Fsp3) is 0.667. The zero-order chi connectivity index (χ0) is 13.8. The molecule has 3 rings (SSSR count). The van der Waals surface area contributed by atoms with Crippen molar-refractivity contribution in [2.75, 3.05) is 0 Å². The maximum absolute atomic E-state index is 11.8. The summed E-state index contributed by atoms with van der Waals surface area (Å²) in [5.74, 6) is 0.0313. The number of H-pyrrole nitrogens is 1. The SMILES string of the molecule is [2H]C[C@@]12O[C@@H](n3ccc(=O)[nH]c3=O)[C@@H](OC1C)[C@H]2C. The Hall–Kier alpha value is -1.40. The monoisotopic (exact) mass is 253 g/mol. The van der Waals surface area contributed by atoms with Crippen molar-refractivity contribution >= 4 is 0 Å². The molecule has 98 valence electrons. The van der Waals surface area contributed by atoms with Crippen molar-refractivity contribution < 1.29 is 10.8 Å². The number of aromatic nitrogens is 2. The van der Waals surface area contributed by atoms with Gasteiger partial charge >= 0.3 is 5.69 Å². The van der Waals surface area contributed by atoms with Gasteiger partial charge in [-0.3, -0.25) is 14.3 Å². The molecule has 2 bridgehead atoms. The van der Waals surface area contributed by atoms with E-state index >= 15 is 0 Å². The summed E-state index contributed by atoms with van der Waals surface area (Å²) in [6.07, 6.45) is 0.384.